The zero-order chi connectivity index (χ0) is 13.0. The number of benzene rings is 2. The second-order valence-electron chi connectivity index (χ2n) is 3.63. The summed E-state index contributed by atoms with van der Waals surface area (Å²) in [4.78, 5) is 11.0. The molecule has 2 aromatic carbocycles. The Balaban J connectivity index is 2.31. The van der Waals surface area contributed by atoms with Crippen LogP contribution in [0.5, 0.6) is 5.75 Å². The predicted molar refractivity (Wildman–Crippen MR) is 67.7 cm³/mol. The number of ether oxygens (including phenoxy) is 1. The molecule has 0 bridgehead atoms. The monoisotopic (exact) mass is 242 g/mol. The standard InChI is InChI=1S/C15H11FO2/c1-2-15(17)18-12-8-9-13(14(16)10-12)11-6-4-3-5-7-11/h2-10H,1H2. The quantitative estimate of drug-likeness (QED) is 0.467. The van der Waals surface area contributed by atoms with Crippen molar-refractivity contribution in [1.29, 1.82) is 0 Å². The zero-order valence-corrected chi connectivity index (χ0v) is 9.60. The van der Waals surface area contributed by atoms with E-state index in [0.29, 0.717) is 5.56 Å². The van der Waals surface area contributed by atoms with Crippen molar-refractivity contribution >= 4 is 5.97 Å². The van der Waals surface area contributed by atoms with Gasteiger partial charge in [-0.1, -0.05) is 36.9 Å². The van der Waals surface area contributed by atoms with Gasteiger partial charge in [0.25, 0.3) is 0 Å². The van der Waals surface area contributed by atoms with Crippen molar-refractivity contribution in [2.75, 3.05) is 0 Å². The van der Waals surface area contributed by atoms with E-state index in [2.05, 4.69) is 6.58 Å². The van der Waals surface area contributed by atoms with Crippen LogP contribution < -0.4 is 4.74 Å². The molecule has 0 radical (unpaired) electrons. The lowest BCUT2D eigenvalue weighted by molar-refractivity contribution is -0.128. The Hall–Kier alpha value is -2.42. The van der Waals surface area contributed by atoms with Crippen LogP contribution in [0.3, 0.4) is 0 Å². The van der Waals surface area contributed by atoms with E-state index in [1.54, 1.807) is 12.1 Å². The third kappa shape index (κ3) is 2.63. The first-order chi connectivity index (χ1) is 8.70. The fraction of sp³-hybridized carbons (Fsp3) is 0. The highest BCUT2D eigenvalue weighted by molar-refractivity contribution is 5.83. The van der Waals surface area contributed by atoms with Gasteiger partial charge < -0.3 is 4.74 Å². The van der Waals surface area contributed by atoms with Crippen molar-refractivity contribution in [3.05, 3.63) is 67.0 Å². The van der Waals surface area contributed by atoms with Gasteiger partial charge in [-0.25, -0.2) is 9.18 Å². The minimum atomic E-state index is -0.609. The van der Waals surface area contributed by atoms with Crippen molar-refractivity contribution in [3.63, 3.8) is 0 Å². The molecule has 18 heavy (non-hydrogen) atoms. The summed E-state index contributed by atoms with van der Waals surface area (Å²) in [6, 6.07) is 13.5. The molecule has 0 fully saturated rings. The summed E-state index contributed by atoms with van der Waals surface area (Å²) in [7, 11) is 0. The van der Waals surface area contributed by atoms with Gasteiger partial charge in [0.2, 0.25) is 0 Å². The Labute approximate surface area is 104 Å². The number of hydrogen-bond acceptors (Lipinski definition) is 2. The molecule has 0 heterocycles. The van der Waals surface area contributed by atoms with Gasteiger partial charge in [-0.05, 0) is 17.7 Å². The van der Waals surface area contributed by atoms with Crippen LogP contribution in [0, 0.1) is 5.82 Å². The molecular formula is C15H11FO2. The lowest BCUT2D eigenvalue weighted by atomic mass is 10.1. The van der Waals surface area contributed by atoms with E-state index < -0.39 is 11.8 Å². The summed E-state index contributed by atoms with van der Waals surface area (Å²) < 4.78 is 18.7. The highest BCUT2D eigenvalue weighted by atomic mass is 19.1. The highest BCUT2D eigenvalue weighted by Gasteiger charge is 2.07. The van der Waals surface area contributed by atoms with Gasteiger partial charge in [0.15, 0.2) is 0 Å². The van der Waals surface area contributed by atoms with Crippen molar-refractivity contribution in [1.82, 2.24) is 0 Å². The van der Waals surface area contributed by atoms with Crippen LogP contribution in [-0.4, -0.2) is 5.97 Å². The Bertz CT molecular complexity index is 576. The summed E-state index contributed by atoms with van der Waals surface area (Å²) in [5, 5.41) is 0. The van der Waals surface area contributed by atoms with Crippen molar-refractivity contribution in [3.8, 4) is 16.9 Å². The minimum Gasteiger partial charge on any atom is -0.423 e. The Morgan fingerprint density at radius 2 is 1.89 bits per heavy atom. The molecule has 0 saturated carbocycles. The first-order valence-corrected chi connectivity index (χ1v) is 5.40. The first kappa shape index (κ1) is 12.0. The van der Waals surface area contributed by atoms with Gasteiger partial charge in [-0.2, -0.15) is 0 Å². The number of halogens is 1. The molecule has 0 amide bonds. The summed E-state index contributed by atoms with van der Waals surface area (Å²) >= 11 is 0. The van der Waals surface area contributed by atoms with Crippen LogP contribution in [0.4, 0.5) is 4.39 Å². The van der Waals surface area contributed by atoms with Crippen LogP contribution in [-0.2, 0) is 4.79 Å². The molecule has 0 saturated heterocycles. The lowest BCUT2D eigenvalue weighted by Gasteiger charge is -2.06. The van der Waals surface area contributed by atoms with E-state index in [0.717, 1.165) is 11.6 Å². The van der Waals surface area contributed by atoms with Gasteiger partial charge >= 0.3 is 5.97 Å². The molecule has 2 aromatic rings. The van der Waals surface area contributed by atoms with Crippen LogP contribution >= 0.6 is 0 Å². The Kier molecular flexibility index (Phi) is 3.53. The number of rotatable bonds is 3. The molecule has 0 aliphatic heterocycles. The smallest absolute Gasteiger partial charge is 0.335 e. The van der Waals surface area contributed by atoms with Crippen LogP contribution in [0.1, 0.15) is 0 Å². The average molecular weight is 242 g/mol. The highest BCUT2D eigenvalue weighted by Crippen LogP contribution is 2.26. The molecule has 0 aliphatic rings. The zero-order valence-electron chi connectivity index (χ0n) is 9.60. The summed E-state index contributed by atoms with van der Waals surface area (Å²) in [5.41, 5.74) is 1.24. The molecule has 0 atom stereocenters. The SMILES string of the molecule is C=CC(=O)Oc1ccc(-c2ccccc2)c(F)c1. The third-order valence-corrected chi connectivity index (χ3v) is 2.41. The topological polar surface area (TPSA) is 26.3 Å². The molecule has 90 valence electrons. The third-order valence-electron chi connectivity index (χ3n) is 2.41. The van der Waals surface area contributed by atoms with E-state index in [9.17, 15) is 9.18 Å². The van der Waals surface area contributed by atoms with E-state index in [4.69, 9.17) is 4.74 Å². The Morgan fingerprint density at radius 3 is 2.50 bits per heavy atom. The number of carbonyl (C=O) groups excluding carboxylic acids is 1. The molecule has 0 spiro atoms. The molecular weight excluding hydrogens is 231 g/mol. The second kappa shape index (κ2) is 5.27. The van der Waals surface area contributed by atoms with Gasteiger partial charge in [0, 0.05) is 17.7 Å². The van der Waals surface area contributed by atoms with Crippen molar-refractivity contribution in [2.45, 2.75) is 0 Å². The van der Waals surface area contributed by atoms with E-state index >= 15 is 0 Å². The second-order valence-corrected chi connectivity index (χ2v) is 3.63. The largest absolute Gasteiger partial charge is 0.423 e. The van der Waals surface area contributed by atoms with Crippen LogP contribution in [0.25, 0.3) is 11.1 Å². The number of hydrogen-bond donors (Lipinski definition) is 0. The number of esters is 1. The average Bonchev–Trinajstić information content (AvgIpc) is 2.40. The molecule has 2 rings (SSSR count). The minimum absolute atomic E-state index is 0.164. The number of carbonyl (C=O) groups is 1. The molecule has 0 unspecified atom stereocenters. The molecule has 0 N–H and O–H groups in total. The van der Waals surface area contributed by atoms with E-state index in [1.807, 2.05) is 30.3 Å². The van der Waals surface area contributed by atoms with E-state index in [-0.39, 0.29) is 5.75 Å². The van der Waals surface area contributed by atoms with Gasteiger partial charge in [0.05, 0.1) is 0 Å². The normalized spacial score (nSPS) is 9.83. The fourth-order valence-electron chi connectivity index (χ4n) is 1.57. The molecule has 0 aliphatic carbocycles. The summed E-state index contributed by atoms with van der Waals surface area (Å²) in [6.45, 7) is 3.28. The van der Waals surface area contributed by atoms with E-state index in [1.165, 1.54) is 6.07 Å². The Morgan fingerprint density at radius 1 is 1.17 bits per heavy atom. The van der Waals surface area contributed by atoms with Gasteiger partial charge in [-0.3, -0.25) is 0 Å². The summed E-state index contributed by atoms with van der Waals surface area (Å²) in [6.07, 6.45) is 1.03. The maximum Gasteiger partial charge on any atom is 0.335 e. The molecule has 3 heteroatoms. The van der Waals surface area contributed by atoms with Crippen molar-refractivity contribution in [2.24, 2.45) is 0 Å². The lowest BCUT2D eigenvalue weighted by Crippen LogP contribution is -2.03. The van der Waals surface area contributed by atoms with Crippen LogP contribution in [0.15, 0.2) is 61.2 Å². The summed E-state index contributed by atoms with van der Waals surface area (Å²) in [5.74, 6) is -0.880. The predicted octanol–water partition coefficient (Wildman–Crippen LogP) is 3.58. The van der Waals surface area contributed by atoms with Crippen molar-refractivity contribution < 1.29 is 13.9 Å². The fourth-order valence-corrected chi connectivity index (χ4v) is 1.57. The molecule has 0 aromatic heterocycles. The first-order valence-electron chi connectivity index (χ1n) is 5.40. The van der Waals surface area contributed by atoms with Gasteiger partial charge in [0.1, 0.15) is 11.6 Å². The maximum atomic E-state index is 13.9. The van der Waals surface area contributed by atoms with Crippen LogP contribution in [0.2, 0.25) is 0 Å². The van der Waals surface area contributed by atoms with Gasteiger partial charge in [-0.15, -0.1) is 0 Å². The molecule has 2 nitrogen and oxygen atoms in total. The maximum absolute atomic E-state index is 13.9.